The molecule has 4 nitrogen and oxygen atoms in total. The molecule has 0 spiro atoms. The van der Waals surface area contributed by atoms with Gasteiger partial charge in [0, 0.05) is 13.0 Å². The highest BCUT2D eigenvalue weighted by atomic mass is 79.9. The summed E-state index contributed by atoms with van der Waals surface area (Å²) in [4.78, 5) is -0.569. The molecule has 0 heterocycles. The van der Waals surface area contributed by atoms with Gasteiger partial charge in [-0.25, -0.2) is 17.5 Å². The van der Waals surface area contributed by atoms with Crippen LogP contribution in [-0.4, -0.2) is 15.0 Å². The number of rotatable bonds is 6. The monoisotopic (exact) mass is 382 g/mol. The summed E-state index contributed by atoms with van der Waals surface area (Å²) in [5, 5.41) is 0.0246. The van der Waals surface area contributed by atoms with E-state index in [9.17, 15) is 12.8 Å². The third kappa shape index (κ3) is 4.09. The van der Waals surface area contributed by atoms with Crippen molar-refractivity contribution in [3.05, 3.63) is 21.4 Å². The van der Waals surface area contributed by atoms with Crippen LogP contribution in [0.5, 0.6) is 0 Å². The molecule has 0 aliphatic rings. The van der Waals surface area contributed by atoms with Gasteiger partial charge < -0.3 is 5.73 Å². The molecular weight excluding hydrogens is 371 g/mol. The van der Waals surface area contributed by atoms with E-state index in [-0.39, 0.29) is 21.7 Å². The summed E-state index contributed by atoms with van der Waals surface area (Å²) >= 11 is 8.77. The smallest absolute Gasteiger partial charge is 0.243 e. The standard InChI is InChI=1S/C12H13BrClFN2O2S/c1-2-3-4-5-6-17-20(18,19)9-7-8(14)10(13)12(16)11(9)15/h1,7,17H,3-6,16H2. The molecule has 8 heteroatoms. The highest BCUT2D eigenvalue weighted by molar-refractivity contribution is 9.10. The van der Waals surface area contributed by atoms with Crippen molar-refractivity contribution in [2.24, 2.45) is 0 Å². The number of hydrogen-bond donors (Lipinski definition) is 2. The molecule has 0 amide bonds. The SMILES string of the molecule is C#CCCCCNS(=O)(=O)c1cc(Cl)c(Br)c(N)c1F. The largest absolute Gasteiger partial charge is 0.395 e. The lowest BCUT2D eigenvalue weighted by Gasteiger charge is -2.11. The van der Waals surface area contributed by atoms with Gasteiger partial charge in [0.05, 0.1) is 15.2 Å². The number of nitrogens with one attached hydrogen (secondary N) is 1. The predicted molar refractivity (Wildman–Crippen MR) is 81.4 cm³/mol. The van der Waals surface area contributed by atoms with Gasteiger partial charge in [0.25, 0.3) is 0 Å². The molecular formula is C12H13BrClFN2O2S. The second-order valence-corrected chi connectivity index (χ2v) is 6.89. The van der Waals surface area contributed by atoms with Gasteiger partial charge in [-0.2, -0.15) is 0 Å². The molecule has 0 saturated heterocycles. The summed E-state index contributed by atoms with van der Waals surface area (Å²) in [6, 6.07) is 1.01. The quantitative estimate of drug-likeness (QED) is 0.343. The van der Waals surface area contributed by atoms with Crippen molar-refractivity contribution < 1.29 is 12.8 Å². The first-order valence-corrected chi connectivity index (χ1v) is 8.32. The van der Waals surface area contributed by atoms with Gasteiger partial charge in [-0.05, 0) is 34.8 Å². The number of unbranched alkanes of at least 4 members (excludes halogenated alkanes) is 2. The Hall–Kier alpha value is -0.810. The van der Waals surface area contributed by atoms with E-state index < -0.39 is 20.7 Å². The van der Waals surface area contributed by atoms with Crippen LogP contribution in [0.1, 0.15) is 19.3 Å². The molecule has 0 atom stereocenters. The molecule has 20 heavy (non-hydrogen) atoms. The first-order chi connectivity index (χ1) is 9.31. The first kappa shape index (κ1) is 17.2. The highest BCUT2D eigenvalue weighted by Crippen LogP contribution is 2.34. The Morgan fingerprint density at radius 1 is 1.50 bits per heavy atom. The highest BCUT2D eigenvalue weighted by Gasteiger charge is 2.23. The minimum absolute atomic E-state index is 0.0246. The Morgan fingerprint density at radius 3 is 2.75 bits per heavy atom. The third-order valence-corrected chi connectivity index (χ3v) is 5.33. The van der Waals surface area contributed by atoms with E-state index in [1.165, 1.54) is 0 Å². The van der Waals surface area contributed by atoms with Gasteiger partial charge in [-0.15, -0.1) is 12.3 Å². The number of benzene rings is 1. The van der Waals surface area contributed by atoms with Crippen LogP contribution in [-0.2, 0) is 10.0 Å². The van der Waals surface area contributed by atoms with Crippen molar-refractivity contribution in [1.29, 1.82) is 0 Å². The fourth-order valence-corrected chi connectivity index (χ4v) is 3.18. The zero-order chi connectivity index (χ0) is 15.3. The summed E-state index contributed by atoms with van der Waals surface area (Å²) in [7, 11) is -4.00. The van der Waals surface area contributed by atoms with Crippen molar-refractivity contribution in [2.75, 3.05) is 12.3 Å². The minimum Gasteiger partial charge on any atom is -0.395 e. The number of anilines is 1. The number of halogens is 3. The number of terminal acetylenes is 1. The third-order valence-electron chi connectivity index (χ3n) is 2.49. The Labute approximate surface area is 131 Å². The molecule has 0 fully saturated rings. The van der Waals surface area contributed by atoms with E-state index in [1.54, 1.807) is 0 Å². The van der Waals surface area contributed by atoms with Crippen LogP contribution in [0.3, 0.4) is 0 Å². The number of nitrogens with two attached hydrogens (primary N) is 1. The molecule has 0 unspecified atom stereocenters. The Balaban J connectivity index is 2.91. The lowest BCUT2D eigenvalue weighted by Crippen LogP contribution is -2.26. The topological polar surface area (TPSA) is 72.2 Å². The molecule has 0 bridgehead atoms. The van der Waals surface area contributed by atoms with Crippen LogP contribution < -0.4 is 10.5 Å². The lowest BCUT2D eigenvalue weighted by atomic mass is 10.2. The van der Waals surface area contributed by atoms with Crippen molar-refractivity contribution >= 4 is 43.2 Å². The van der Waals surface area contributed by atoms with Gasteiger partial charge in [-0.1, -0.05) is 11.6 Å². The van der Waals surface area contributed by atoms with Crippen LogP contribution >= 0.6 is 27.5 Å². The average molecular weight is 384 g/mol. The maximum atomic E-state index is 13.9. The number of nitrogen functional groups attached to an aromatic ring is 1. The van der Waals surface area contributed by atoms with E-state index in [4.69, 9.17) is 23.8 Å². The molecule has 3 N–H and O–H groups in total. The van der Waals surface area contributed by atoms with E-state index >= 15 is 0 Å². The molecule has 1 aromatic rings. The Kier molecular flexibility index (Phi) is 6.27. The lowest BCUT2D eigenvalue weighted by molar-refractivity contribution is 0.556. The maximum Gasteiger partial charge on any atom is 0.243 e. The summed E-state index contributed by atoms with van der Waals surface area (Å²) in [6.07, 6.45) is 6.89. The minimum atomic E-state index is -4.00. The summed E-state index contributed by atoms with van der Waals surface area (Å²) in [5.41, 5.74) is 5.11. The van der Waals surface area contributed by atoms with Crippen LogP contribution in [0.25, 0.3) is 0 Å². The summed E-state index contributed by atoms with van der Waals surface area (Å²) < 4.78 is 40.3. The predicted octanol–water partition coefficient (Wildman–Crippen LogP) is 2.91. The van der Waals surface area contributed by atoms with Gasteiger partial charge in [0.1, 0.15) is 4.90 Å². The maximum absolute atomic E-state index is 13.9. The van der Waals surface area contributed by atoms with E-state index in [1.807, 2.05) is 0 Å². The molecule has 0 aromatic heterocycles. The van der Waals surface area contributed by atoms with Crippen molar-refractivity contribution in [3.8, 4) is 12.3 Å². The zero-order valence-corrected chi connectivity index (χ0v) is 13.6. The zero-order valence-electron chi connectivity index (χ0n) is 10.4. The summed E-state index contributed by atoms with van der Waals surface area (Å²) in [6.45, 7) is 0.164. The van der Waals surface area contributed by atoms with Crippen molar-refractivity contribution in [2.45, 2.75) is 24.2 Å². The second kappa shape index (κ2) is 7.27. The second-order valence-electron chi connectivity index (χ2n) is 3.96. The van der Waals surface area contributed by atoms with Gasteiger partial charge in [-0.3, -0.25) is 0 Å². The van der Waals surface area contributed by atoms with Gasteiger partial charge in [0.2, 0.25) is 10.0 Å². The van der Waals surface area contributed by atoms with Gasteiger partial charge >= 0.3 is 0 Å². The fraction of sp³-hybridized carbons (Fsp3) is 0.333. The molecule has 1 aromatic carbocycles. The molecule has 110 valence electrons. The molecule has 1 rings (SSSR count). The van der Waals surface area contributed by atoms with Crippen LogP contribution in [0.4, 0.5) is 10.1 Å². The number of hydrogen-bond acceptors (Lipinski definition) is 3. The van der Waals surface area contributed by atoms with E-state index in [2.05, 4.69) is 26.6 Å². The van der Waals surface area contributed by atoms with Crippen LogP contribution in [0.2, 0.25) is 5.02 Å². The average Bonchev–Trinajstić information content (AvgIpc) is 2.40. The van der Waals surface area contributed by atoms with Crippen molar-refractivity contribution in [1.82, 2.24) is 4.72 Å². The fourth-order valence-electron chi connectivity index (χ4n) is 1.43. The van der Waals surface area contributed by atoms with E-state index in [0.717, 1.165) is 6.07 Å². The Morgan fingerprint density at radius 2 is 2.15 bits per heavy atom. The van der Waals surface area contributed by atoms with E-state index in [0.29, 0.717) is 19.3 Å². The molecule has 0 radical (unpaired) electrons. The van der Waals surface area contributed by atoms with Gasteiger partial charge in [0.15, 0.2) is 5.82 Å². The van der Waals surface area contributed by atoms with Crippen LogP contribution in [0.15, 0.2) is 15.4 Å². The normalized spacial score (nSPS) is 11.3. The molecule has 0 aliphatic heterocycles. The first-order valence-electron chi connectivity index (χ1n) is 5.67. The van der Waals surface area contributed by atoms with Crippen LogP contribution in [0, 0.1) is 18.2 Å². The molecule has 0 saturated carbocycles. The molecule has 0 aliphatic carbocycles. The van der Waals surface area contributed by atoms with Crippen molar-refractivity contribution in [3.63, 3.8) is 0 Å². The Bertz CT molecular complexity index is 644. The summed E-state index contributed by atoms with van der Waals surface area (Å²) in [5.74, 6) is 1.42. The number of sulfonamides is 1.